The fraction of sp³-hybridized carbons (Fsp3) is 0.385. The number of benzene rings is 4. The van der Waals surface area contributed by atoms with Crippen molar-refractivity contribution in [2.45, 2.75) is 76.5 Å². The number of halogens is 1. The number of H-pyrrole nitrogens is 1. The van der Waals surface area contributed by atoms with Gasteiger partial charge in [-0.1, -0.05) is 103 Å². The molecule has 3 aliphatic rings. The number of hydrogen-bond donors (Lipinski definition) is 5. The third-order valence-corrected chi connectivity index (χ3v) is 16.1. The minimum absolute atomic E-state index is 0.0528. The maximum absolute atomic E-state index is 15.1. The molecule has 5 N–H and O–H groups in total. The van der Waals surface area contributed by atoms with Gasteiger partial charge in [-0.2, -0.15) is 0 Å². The Labute approximate surface area is 505 Å². The second kappa shape index (κ2) is 27.7. The first-order chi connectivity index (χ1) is 41.6. The molecular formula is C65H74ClN11O9. The van der Waals surface area contributed by atoms with E-state index in [0.717, 1.165) is 56.3 Å². The number of hydrogen-bond acceptors (Lipinski definition) is 14. The molecule has 20 nitrogen and oxygen atoms in total. The van der Waals surface area contributed by atoms with Gasteiger partial charge in [-0.3, -0.25) is 19.3 Å². The summed E-state index contributed by atoms with van der Waals surface area (Å²) < 4.78 is 23.6. The summed E-state index contributed by atoms with van der Waals surface area (Å²) in [5, 5.41) is 13.4. The maximum atomic E-state index is 15.1. The summed E-state index contributed by atoms with van der Waals surface area (Å²) >= 11 is 6.43. The number of nitrogens with zero attached hydrogens (tertiary/aromatic N) is 6. The number of aromatic nitrogens is 4. The van der Waals surface area contributed by atoms with Crippen LogP contribution in [0, 0.1) is 0 Å². The number of piperidine rings is 1. The Hall–Kier alpha value is -8.43. The third kappa shape index (κ3) is 15.0. The zero-order valence-corrected chi connectivity index (χ0v) is 49.8. The maximum Gasteiger partial charge on any atom is 0.409 e. The van der Waals surface area contributed by atoms with Crippen LogP contribution in [-0.2, 0) is 35.0 Å². The van der Waals surface area contributed by atoms with Crippen molar-refractivity contribution in [2.24, 2.45) is 0 Å². The topological polar surface area (TPSA) is 235 Å². The Morgan fingerprint density at radius 2 is 1.57 bits per heavy atom. The summed E-state index contributed by atoms with van der Waals surface area (Å²) in [5.74, 6) is -0.688. The summed E-state index contributed by atoms with van der Waals surface area (Å²) in [6, 6.07) is 34.4. The predicted molar refractivity (Wildman–Crippen MR) is 329 cm³/mol. The van der Waals surface area contributed by atoms with Crippen molar-refractivity contribution in [3.8, 4) is 22.3 Å². The van der Waals surface area contributed by atoms with Crippen molar-refractivity contribution < 1.29 is 42.9 Å². The summed E-state index contributed by atoms with van der Waals surface area (Å²) in [6.07, 6.45) is 5.11. The SMILES string of the molecule is CCc1cccc(-c2cnc(C(=O)NCCOCCN(CC[C@H](NC(=O)C3(NC(=O)OC(C)(C)C)CCN(c4ncnc5[nH]ccc45)CC3)c3ccc(Cl)cc3)C(=O)OCC3c4ccccc4-c4ccccc43)c(NC(=O)CN3CCOCC3)c2)c1. The van der Waals surface area contributed by atoms with E-state index in [1.165, 1.54) is 6.33 Å². The minimum Gasteiger partial charge on any atom is -0.448 e. The van der Waals surface area contributed by atoms with E-state index in [9.17, 15) is 19.2 Å². The lowest BCUT2D eigenvalue weighted by Gasteiger charge is -2.42. The molecule has 1 aliphatic carbocycles. The number of morpholine rings is 1. The Morgan fingerprint density at radius 3 is 2.29 bits per heavy atom. The van der Waals surface area contributed by atoms with Gasteiger partial charge in [0.15, 0.2) is 5.69 Å². The van der Waals surface area contributed by atoms with Gasteiger partial charge in [0.25, 0.3) is 5.91 Å². The van der Waals surface area contributed by atoms with Crippen molar-refractivity contribution in [1.29, 1.82) is 0 Å². The van der Waals surface area contributed by atoms with Crippen LogP contribution in [0.2, 0.25) is 5.02 Å². The van der Waals surface area contributed by atoms with Gasteiger partial charge in [-0.25, -0.2) is 24.5 Å². The number of fused-ring (bicyclic) bond motifs is 4. The Morgan fingerprint density at radius 1 is 0.837 bits per heavy atom. The fourth-order valence-electron chi connectivity index (χ4n) is 11.3. The number of aryl methyl sites for hydroxylation is 1. The number of pyridine rings is 1. The first-order valence-electron chi connectivity index (χ1n) is 29.4. The monoisotopic (exact) mass is 1190 g/mol. The van der Waals surface area contributed by atoms with E-state index in [4.69, 9.17) is 30.5 Å². The summed E-state index contributed by atoms with van der Waals surface area (Å²) in [5.41, 5.74) is 6.61. The van der Waals surface area contributed by atoms with Gasteiger partial charge >= 0.3 is 12.2 Å². The largest absolute Gasteiger partial charge is 0.448 e. The molecule has 0 radical (unpaired) electrons. The Bertz CT molecular complexity index is 3480. The highest BCUT2D eigenvalue weighted by molar-refractivity contribution is 6.30. The number of carbonyl (C=O) groups is 5. The number of alkyl carbamates (subject to hydrolysis) is 1. The zero-order chi connectivity index (χ0) is 60.2. The number of rotatable bonds is 22. The number of aromatic amines is 1. The first-order valence-corrected chi connectivity index (χ1v) is 29.8. The molecule has 1 atom stereocenters. The molecule has 2 saturated heterocycles. The average Bonchev–Trinajstić information content (AvgIpc) is 1.81. The second-order valence-electron chi connectivity index (χ2n) is 22.8. The highest BCUT2D eigenvalue weighted by Crippen LogP contribution is 2.45. The quantitative estimate of drug-likeness (QED) is 0.0398. The van der Waals surface area contributed by atoms with Crippen LogP contribution >= 0.6 is 11.6 Å². The van der Waals surface area contributed by atoms with E-state index < -0.39 is 41.2 Å². The molecule has 5 amide bonds. The number of anilines is 2. The minimum atomic E-state index is -1.40. The van der Waals surface area contributed by atoms with E-state index >= 15 is 4.79 Å². The van der Waals surface area contributed by atoms with Crippen molar-refractivity contribution >= 4 is 64.0 Å². The molecule has 2 fully saturated rings. The number of nitrogens with one attached hydrogen (secondary N) is 5. The third-order valence-electron chi connectivity index (χ3n) is 15.8. The zero-order valence-electron chi connectivity index (χ0n) is 49.0. The van der Waals surface area contributed by atoms with Gasteiger partial charge in [0.2, 0.25) is 11.8 Å². The van der Waals surface area contributed by atoms with Crippen LogP contribution in [0.5, 0.6) is 0 Å². The van der Waals surface area contributed by atoms with E-state index in [1.807, 2.05) is 65.6 Å². The molecule has 0 unspecified atom stereocenters. The molecule has 4 aromatic carbocycles. The molecule has 450 valence electrons. The lowest BCUT2D eigenvalue weighted by atomic mass is 9.85. The first kappa shape index (κ1) is 60.7. The fourth-order valence-corrected chi connectivity index (χ4v) is 11.4. The number of carbonyl (C=O) groups excluding carboxylic acids is 5. The van der Waals surface area contributed by atoms with Crippen LogP contribution in [0.25, 0.3) is 33.3 Å². The summed E-state index contributed by atoms with van der Waals surface area (Å²) in [4.78, 5) is 93.0. The molecule has 5 heterocycles. The van der Waals surface area contributed by atoms with Gasteiger partial charge in [-0.15, -0.1) is 0 Å². The second-order valence-corrected chi connectivity index (χ2v) is 23.2. The molecular weight excluding hydrogens is 1110 g/mol. The predicted octanol–water partition coefficient (Wildman–Crippen LogP) is 9.32. The van der Waals surface area contributed by atoms with Gasteiger partial charge < -0.3 is 55.0 Å². The number of ether oxygens (including phenoxy) is 4. The standard InChI is InChI=1S/C65H74ClN11O9/c1-5-43-11-10-12-45(37-43)46-38-55(72-56(78)40-75-30-34-84-35-31-75)57(69-39-46)60(79)68-26-33-83-36-32-77(63(82)85-41-53-50-15-8-6-13-48(50)49-14-7-9-16-51(49)53)27-22-54(44-17-19-47(66)20-18-44)73-61(80)65(74-62(81)86-64(2,3)4)23-28-76(29-24-65)59-52-21-25-67-58(52)70-42-71-59/h6-21,25,37-39,42,53-54H,5,22-24,26-36,40-41H2,1-4H3,(H,68,79)(H,72,78)(H,73,80)(H,74,81)(H,67,70,71)/t54-/m0/s1. The van der Waals surface area contributed by atoms with Crippen LogP contribution in [0.15, 0.2) is 128 Å². The van der Waals surface area contributed by atoms with Crippen LogP contribution < -0.4 is 26.2 Å². The van der Waals surface area contributed by atoms with Crippen molar-refractivity contribution in [3.05, 3.63) is 161 Å². The summed E-state index contributed by atoms with van der Waals surface area (Å²) in [6.45, 7) is 11.1. The van der Waals surface area contributed by atoms with Gasteiger partial charge in [0, 0.05) is 74.7 Å². The van der Waals surface area contributed by atoms with Crippen molar-refractivity contribution in [2.75, 3.05) is 95.6 Å². The molecule has 3 aromatic heterocycles. The normalized spacial score (nSPS) is 15.2. The van der Waals surface area contributed by atoms with Crippen molar-refractivity contribution in [1.82, 2.24) is 45.7 Å². The van der Waals surface area contributed by atoms with Crippen LogP contribution in [0.3, 0.4) is 0 Å². The van der Waals surface area contributed by atoms with E-state index in [-0.39, 0.29) is 88.5 Å². The summed E-state index contributed by atoms with van der Waals surface area (Å²) in [7, 11) is 0. The molecule has 10 rings (SSSR count). The van der Waals surface area contributed by atoms with Crippen LogP contribution in [0.4, 0.5) is 21.1 Å². The van der Waals surface area contributed by atoms with E-state index in [2.05, 4.69) is 83.4 Å². The Balaban J connectivity index is 0.840. The lowest BCUT2D eigenvalue weighted by molar-refractivity contribution is -0.129. The smallest absolute Gasteiger partial charge is 0.409 e. The lowest BCUT2D eigenvalue weighted by Crippen LogP contribution is -2.64. The highest BCUT2D eigenvalue weighted by atomic mass is 35.5. The van der Waals surface area contributed by atoms with E-state index in [1.54, 1.807) is 56.3 Å². The van der Waals surface area contributed by atoms with Gasteiger partial charge in [0.1, 0.15) is 35.5 Å². The number of amides is 5. The Kier molecular flexibility index (Phi) is 19.6. The molecule has 2 aliphatic heterocycles. The van der Waals surface area contributed by atoms with Crippen molar-refractivity contribution in [3.63, 3.8) is 0 Å². The van der Waals surface area contributed by atoms with E-state index in [0.29, 0.717) is 55.9 Å². The molecule has 0 saturated carbocycles. The molecule has 0 spiro atoms. The molecule has 86 heavy (non-hydrogen) atoms. The van der Waals surface area contributed by atoms with Gasteiger partial charge in [0.05, 0.1) is 50.1 Å². The molecule has 7 aromatic rings. The molecule has 21 heteroatoms. The average molecular weight is 1190 g/mol. The highest BCUT2D eigenvalue weighted by Gasteiger charge is 2.45. The van der Waals surface area contributed by atoms with Crippen LogP contribution in [-0.4, -0.2) is 156 Å². The van der Waals surface area contributed by atoms with Gasteiger partial charge in [-0.05, 0) is 110 Å². The van der Waals surface area contributed by atoms with Crippen LogP contribution in [0.1, 0.15) is 91.7 Å². The molecule has 0 bridgehead atoms.